The van der Waals surface area contributed by atoms with E-state index >= 15 is 0 Å². The summed E-state index contributed by atoms with van der Waals surface area (Å²) in [5, 5.41) is 3.65. The van der Waals surface area contributed by atoms with Gasteiger partial charge in [0, 0.05) is 32.3 Å². The Bertz CT molecular complexity index is 246. The van der Waals surface area contributed by atoms with Crippen molar-refractivity contribution >= 4 is 0 Å². The summed E-state index contributed by atoms with van der Waals surface area (Å²) in [5.41, 5.74) is 0. The summed E-state index contributed by atoms with van der Waals surface area (Å²) in [7, 11) is 6.10. The number of ether oxygens (including phenoxy) is 2. The number of nitrogens with zero attached hydrogens (tertiary/aromatic N) is 1. The third-order valence-corrected chi connectivity index (χ3v) is 3.99. The van der Waals surface area contributed by atoms with Gasteiger partial charge in [-0.1, -0.05) is 13.8 Å². The number of methoxy groups -OCH3 is 1. The summed E-state index contributed by atoms with van der Waals surface area (Å²) in [6.07, 6.45) is 2.77. The normalized spacial score (nSPS) is 28.7. The van der Waals surface area contributed by atoms with E-state index in [1.807, 2.05) is 6.92 Å². The third kappa shape index (κ3) is 5.03. The highest BCUT2D eigenvalue weighted by Gasteiger charge is 2.41. The fourth-order valence-corrected chi connectivity index (χ4v) is 2.78. The monoisotopic (exact) mass is 272 g/mol. The average molecular weight is 272 g/mol. The van der Waals surface area contributed by atoms with Gasteiger partial charge in [-0.2, -0.15) is 0 Å². The molecule has 1 N–H and O–H groups in total. The molecule has 0 aliphatic heterocycles. The smallest absolute Gasteiger partial charge is 0.0986 e. The average Bonchev–Trinajstić information content (AvgIpc) is 2.30. The minimum absolute atomic E-state index is 0.210. The number of likely N-dealkylation sites (N-methyl/N-ethyl adjacent to an activating group) is 1. The standard InChI is InChI=1S/C15H32N2O2/c1-7-19-14-9-13(15(14)18-6)16-10-12(17(4)5)8-11(2)3/h11-16H,7-10H2,1-6H3. The van der Waals surface area contributed by atoms with Crippen molar-refractivity contribution in [3.05, 3.63) is 0 Å². The van der Waals surface area contributed by atoms with E-state index in [9.17, 15) is 0 Å². The Morgan fingerprint density at radius 1 is 1.32 bits per heavy atom. The predicted octanol–water partition coefficient (Wildman–Crippen LogP) is 1.74. The van der Waals surface area contributed by atoms with Crippen molar-refractivity contribution in [2.45, 2.75) is 57.9 Å². The molecule has 0 heterocycles. The molecule has 1 fully saturated rings. The molecule has 1 aliphatic rings. The number of nitrogens with one attached hydrogen (secondary N) is 1. The third-order valence-electron chi connectivity index (χ3n) is 3.99. The van der Waals surface area contributed by atoms with Crippen molar-refractivity contribution in [2.75, 3.05) is 34.4 Å². The molecule has 1 saturated carbocycles. The molecule has 0 aromatic heterocycles. The van der Waals surface area contributed by atoms with Crippen molar-refractivity contribution in [1.82, 2.24) is 10.2 Å². The summed E-state index contributed by atoms with van der Waals surface area (Å²) in [6.45, 7) is 8.39. The molecule has 4 unspecified atom stereocenters. The Morgan fingerprint density at radius 2 is 2.00 bits per heavy atom. The fourth-order valence-electron chi connectivity index (χ4n) is 2.78. The maximum Gasteiger partial charge on any atom is 0.0986 e. The second kappa shape index (κ2) is 8.20. The van der Waals surface area contributed by atoms with Gasteiger partial charge in [-0.05, 0) is 39.8 Å². The molecule has 0 aromatic rings. The van der Waals surface area contributed by atoms with E-state index in [4.69, 9.17) is 9.47 Å². The molecule has 0 amide bonds. The van der Waals surface area contributed by atoms with Gasteiger partial charge in [0.25, 0.3) is 0 Å². The summed E-state index contributed by atoms with van der Waals surface area (Å²) in [4.78, 5) is 2.31. The zero-order chi connectivity index (χ0) is 14.4. The molecule has 1 aliphatic carbocycles. The van der Waals surface area contributed by atoms with Gasteiger partial charge in [0.2, 0.25) is 0 Å². The summed E-state index contributed by atoms with van der Waals surface area (Å²) < 4.78 is 11.2. The first-order valence-corrected chi connectivity index (χ1v) is 7.53. The lowest BCUT2D eigenvalue weighted by atomic mass is 9.85. The van der Waals surface area contributed by atoms with Crippen LogP contribution in [0.5, 0.6) is 0 Å². The van der Waals surface area contributed by atoms with Crippen molar-refractivity contribution in [2.24, 2.45) is 5.92 Å². The van der Waals surface area contributed by atoms with E-state index in [1.165, 1.54) is 6.42 Å². The topological polar surface area (TPSA) is 33.7 Å². The van der Waals surface area contributed by atoms with Gasteiger partial charge in [-0.3, -0.25) is 0 Å². The van der Waals surface area contributed by atoms with Crippen LogP contribution in [0.25, 0.3) is 0 Å². The van der Waals surface area contributed by atoms with Crippen LogP contribution in [0.4, 0.5) is 0 Å². The molecule has 0 bridgehead atoms. The van der Waals surface area contributed by atoms with Crippen LogP contribution in [0, 0.1) is 5.92 Å². The lowest BCUT2D eigenvalue weighted by Crippen LogP contribution is -2.61. The lowest BCUT2D eigenvalue weighted by molar-refractivity contribution is -0.131. The number of hydrogen-bond acceptors (Lipinski definition) is 4. The van der Waals surface area contributed by atoms with Crippen LogP contribution >= 0.6 is 0 Å². The lowest BCUT2D eigenvalue weighted by Gasteiger charge is -2.44. The Balaban J connectivity index is 2.34. The second-order valence-corrected chi connectivity index (χ2v) is 6.19. The molecule has 0 saturated heterocycles. The summed E-state index contributed by atoms with van der Waals surface area (Å²) in [5.74, 6) is 0.727. The largest absolute Gasteiger partial charge is 0.377 e. The molecule has 4 nitrogen and oxygen atoms in total. The Hall–Kier alpha value is -0.160. The second-order valence-electron chi connectivity index (χ2n) is 6.19. The molecule has 114 valence electrons. The van der Waals surface area contributed by atoms with E-state index in [2.05, 4.69) is 38.2 Å². The first-order chi connectivity index (χ1) is 8.99. The predicted molar refractivity (Wildman–Crippen MR) is 79.5 cm³/mol. The summed E-state index contributed by atoms with van der Waals surface area (Å²) in [6, 6.07) is 1.03. The molecule has 4 atom stereocenters. The Labute approximate surface area is 118 Å². The van der Waals surface area contributed by atoms with E-state index in [1.54, 1.807) is 7.11 Å². The van der Waals surface area contributed by atoms with E-state index < -0.39 is 0 Å². The molecule has 0 aromatic carbocycles. The van der Waals surface area contributed by atoms with Crippen molar-refractivity contribution in [3.63, 3.8) is 0 Å². The Morgan fingerprint density at radius 3 is 2.47 bits per heavy atom. The molecule has 19 heavy (non-hydrogen) atoms. The van der Waals surface area contributed by atoms with Gasteiger partial charge in [-0.25, -0.2) is 0 Å². The highest BCUT2D eigenvalue weighted by Crippen LogP contribution is 2.27. The molecule has 4 heteroatoms. The number of hydrogen-bond donors (Lipinski definition) is 1. The van der Waals surface area contributed by atoms with Gasteiger partial charge in [0.15, 0.2) is 0 Å². The van der Waals surface area contributed by atoms with Crippen molar-refractivity contribution in [1.29, 1.82) is 0 Å². The first-order valence-electron chi connectivity index (χ1n) is 7.53. The van der Waals surface area contributed by atoms with Crippen LogP contribution < -0.4 is 5.32 Å². The molecule has 0 radical (unpaired) electrons. The minimum atomic E-state index is 0.210. The van der Waals surface area contributed by atoms with Gasteiger partial charge >= 0.3 is 0 Å². The van der Waals surface area contributed by atoms with Gasteiger partial charge in [-0.15, -0.1) is 0 Å². The maximum atomic E-state index is 5.65. The van der Waals surface area contributed by atoms with E-state index in [0.29, 0.717) is 12.1 Å². The molecule has 0 spiro atoms. The fraction of sp³-hybridized carbons (Fsp3) is 1.00. The van der Waals surface area contributed by atoms with Gasteiger partial charge in [0.05, 0.1) is 12.2 Å². The minimum Gasteiger partial charge on any atom is -0.377 e. The van der Waals surface area contributed by atoms with Gasteiger partial charge < -0.3 is 19.7 Å². The SMILES string of the molecule is CCOC1CC(NCC(CC(C)C)N(C)C)C1OC. The molecular formula is C15H32N2O2. The van der Waals surface area contributed by atoms with E-state index in [0.717, 1.165) is 25.5 Å². The quantitative estimate of drug-likeness (QED) is 0.693. The molecular weight excluding hydrogens is 240 g/mol. The Kier molecular flexibility index (Phi) is 7.29. The zero-order valence-corrected chi connectivity index (χ0v) is 13.5. The van der Waals surface area contributed by atoms with Crippen LogP contribution in [0.1, 0.15) is 33.6 Å². The van der Waals surface area contributed by atoms with Crippen molar-refractivity contribution in [3.8, 4) is 0 Å². The summed E-state index contributed by atoms with van der Waals surface area (Å²) >= 11 is 0. The van der Waals surface area contributed by atoms with Crippen molar-refractivity contribution < 1.29 is 9.47 Å². The highest BCUT2D eigenvalue weighted by atomic mass is 16.5. The van der Waals surface area contributed by atoms with Crippen LogP contribution in [0.2, 0.25) is 0 Å². The van der Waals surface area contributed by atoms with Crippen LogP contribution in [0.3, 0.4) is 0 Å². The number of rotatable bonds is 9. The zero-order valence-electron chi connectivity index (χ0n) is 13.5. The highest BCUT2D eigenvalue weighted by molar-refractivity contribution is 4.97. The van der Waals surface area contributed by atoms with Gasteiger partial charge in [0.1, 0.15) is 0 Å². The molecule has 1 rings (SSSR count). The first kappa shape index (κ1) is 16.9. The van der Waals surface area contributed by atoms with Crippen LogP contribution in [-0.2, 0) is 9.47 Å². The van der Waals surface area contributed by atoms with Crippen LogP contribution in [0.15, 0.2) is 0 Å². The van der Waals surface area contributed by atoms with E-state index in [-0.39, 0.29) is 12.2 Å². The maximum absolute atomic E-state index is 5.65. The van der Waals surface area contributed by atoms with Crippen LogP contribution in [-0.4, -0.2) is 63.5 Å².